The summed E-state index contributed by atoms with van der Waals surface area (Å²) < 4.78 is 5.36. The SMILES string of the molecule is CCCCCNC(=O)C(c1cc(C)cc(C)c1)N(CCCCC)C(=O)C(CS)NC(=O)OC(C)(C)C. The number of carbonyl (C=O) groups is 3. The number of hydrogen-bond acceptors (Lipinski definition) is 5. The van der Waals surface area contributed by atoms with E-state index in [1.54, 1.807) is 25.7 Å². The van der Waals surface area contributed by atoms with Gasteiger partial charge in [-0.15, -0.1) is 0 Å². The smallest absolute Gasteiger partial charge is 0.408 e. The zero-order valence-electron chi connectivity index (χ0n) is 23.3. The molecule has 1 aromatic rings. The lowest BCUT2D eigenvalue weighted by Gasteiger charge is -2.34. The van der Waals surface area contributed by atoms with Gasteiger partial charge in [0.1, 0.15) is 17.7 Å². The molecule has 0 heterocycles. The molecule has 2 atom stereocenters. The summed E-state index contributed by atoms with van der Waals surface area (Å²) in [5, 5.41) is 5.71. The highest BCUT2D eigenvalue weighted by Crippen LogP contribution is 2.26. The average molecular weight is 522 g/mol. The van der Waals surface area contributed by atoms with Gasteiger partial charge in [-0.3, -0.25) is 9.59 Å². The molecule has 204 valence electrons. The molecule has 0 aliphatic heterocycles. The topological polar surface area (TPSA) is 87.7 Å². The van der Waals surface area contributed by atoms with Crippen molar-refractivity contribution < 1.29 is 19.1 Å². The van der Waals surface area contributed by atoms with Crippen molar-refractivity contribution in [3.05, 3.63) is 34.9 Å². The third-order valence-electron chi connectivity index (χ3n) is 5.66. The Bertz CT molecular complexity index is 833. The number of hydrogen-bond donors (Lipinski definition) is 3. The Morgan fingerprint density at radius 2 is 1.56 bits per heavy atom. The van der Waals surface area contributed by atoms with Gasteiger partial charge >= 0.3 is 6.09 Å². The van der Waals surface area contributed by atoms with E-state index in [2.05, 4.69) is 37.1 Å². The maximum absolute atomic E-state index is 13.9. The van der Waals surface area contributed by atoms with Crippen LogP contribution in [0, 0.1) is 13.8 Å². The first-order chi connectivity index (χ1) is 16.9. The summed E-state index contributed by atoms with van der Waals surface area (Å²) in [5.41, 5.74) is 2.11. The van der Waals surface area contributed by atoms with Gasteiger partial charge in [0.25, 0.3) is 0 Å². The van der Waals surface area contributed by atoms with Gasteiger partial charge in [0.2, 0.25) is 11.8 Å². The second-order valence-electron chi connectivity index (χ2n) is 10.4. The third-order valence-corrected chi connectivity index (χ3v) is 6.02. The standard InChI is InChI=1S/C28H47N3O4S/c1-8-10-12-14-29-25(32)24(22-17-20(3)16-21(4)18-22)31(15-13-11-9-2)26(33)23(19-36)30-27(34)35-28(5,6)7/h16-18,23-24,36H,8-15,19H2,1-7H3,(H,29,32)(H,30,34). The molecular formula is C28H47N3O4S. The van der Waals surface area contributed by atoms with Crippen molar-refractivity contribution in [2.75, 3.05) is 18.8 Å². The molecule has 0 bridgehead atoms. The van der Waals surface area contributed by atoms with E-state index in [0.717, 1.165) is 55.2 Å². The highest BCUT2D eigenvalue weighted by molar-refractivity contribution is 7.80. The van der Waals surface area contributed by atoms with Gasteiger partial charge in [-0.25, -0.2) is 4.79 Å². The van der Waals surface area contributed by atoms with Crippen LogP contribution in [0.25, 0.3) is 0 Å². The van der Waals surface area contributed by atoms with Crippen molar-refractivity contribution in [3.8, 4) is 0 Å². The monoisotopic (exact) mass is 521 g/mol. The summed E-state index contributed by atoms with van der Waals surface area (Å²) in [7, 11) is 0. The second kappa shape index (κ2) is 15.8. The first-order valence-electron chi connectivity index (χ1n) is 13.2. The predicted molar refractivity (Wildman–Crippen MR) is 149 cm³/mol. The minimum Gasteiger partial charge on any atom is -0.444 e. The van der Waals surface area contributed by atoms with Crippen LogP contribution in [0.5, 0.6) is 0 Å². The molecule has 0 aromatic heterocycles. The number of alkyl carbamates (subject to hydrolysis) is 1. The number of benzene rings is 1. The number of ether oxygens (including phenoxy) is 1. The van der Waals surface area contributed by atoms with Gasteiger partial charge in [0, 0.05) is 18.8 Å². The maximum Gasteiger partial charge on any atom is 0.408 e. The molecule has 1 aromatic carbocycles. The molecule has 0 aliphatic rings. The van der Waals surface area contributed by atoms with Gasteiger partial charge < -0.3 is 20.3 Å². The zero-order chi connectivity index (χ0) is 27.3. The summed E-state index contributed by atoms with van der Waals surface area (Å²) in [4.78, 5) is 41.5. The molecule has 3 amide bonds. The minimum atomic E-state index is -0.925. The van der Waals surface area contributed by atoms with Crippen molar-refractivity contribution in [2.24, 2.45) is 0 Å². The number of amides is 3. The van der Waals surface area contributed by atoms with Crippen LogP contribution in [-0.4, -0.2) is 53.3 Å². The normalized spacial score (nSPS) is 13.0. The summed E-state index contributed by atoms with van der Waals surface area (Å²) in [5.74, 6) is -0.476. The van der Waals surface area contributed by atoms with Gasteiger partial charge in [0.05, 0.1) is 0 Å². The Morgan fingerprint density at radius 3 is 2.08 bits per heavy atom. The van der Waals surface area contributed by atoms with Gasteiger partial charge in [-0.1, -0.05) is 68.9 Å². The minimum absolute atomic E-state index is 0.0834. The predicted octanol–water partition coefficient (Wildman–Crippen LogP) is 5.49. The molecule has 0 fully saturated rings. The molecule has 0 radical (unpaired) electrons. The molecule has 0 spiro atoms. The quantitative estimate of drug-likeness (QED) is 0.223. The number of thiol groups is 1. The van der Waals surface area contributed by atoms with Crippen LogP contribution in [-0.2, 0) is 14.3 Å². The molecule has 0 aliphatic carbocycles. The van der Waals surface area contributed by atoms with E-state index < -0.39 is 23.8 Å². The number of nitrogens with zero attached hydrogens (tertiary/aromatic N) is 1. The van der Waals surface area contributed by atoms with Gasteiger partial charge in [-0.2, -0.15) is 12.6 Å². The summed E-state index contributed by atoms with van der Waals surface area (Å²) in [6, 6.07) is 4.23. The molecule has 2 N–H and O–H groups in total. The van der Waals surface area contributed by atoms with Crippen molar-refractivity contribution in [2.45, 2.75) is 105 Å². The van der Waals surface area contributed by atoms with Crippen molar-refractivity contribution >= 4 is 30.5 Å². The maximum atomic E-state index is 13.9. The van der Waals surface area contributed by atoms with Crippen LogP contribution >= 0.6 is 12.6 Å². The molecule has 0 saturated carbocycles. The lowest BCUT2D eigenvalue weighted by molar-refractivity contribution is -0.142. The number of unbranched alkanes of at least 4 members (excludes halogenated alkanes) is 4. The molecular weight excluding hydrogens is 474 g/mol. The third kappa shape index (κ3) is 11.2. The Morgan fingerprint density at radius 1 is 0.972 bits per heavy atom. The first kappa shape index (κ1) is 31.8. The van der Waals surface area contributed by atoms with Crippen molar-refractivity contribution in [1.82, 2.24) is 15.5 Å². The lowest BCUT2D eigenvalue weighted by atomic mass is 9.98. The first-order valence-corrected chi connectivity index (χ1v) is 13.8. The van der Waals surface area contributed by atoms with E-state index in [1.165, 1.54) is 0 Å². The summed E-state index contributed by atoms with van der Waals surface area (Å²) in [6.07, 6.45) is 4.92. The number of nitrogens with one attached hydrogen (secondary N) is 2. The van der Waals surface area contributed by atoms with Crippen LogP contribution in [0.4, 0.5) is 4.79 Å². The number of rotatable bonds is 14. The molecule has 8 heteroatoms. The van der Waals surface area contributed by atoms with Crippen LogP contribution in [0.3, 0.4) is 0 Å². The Balaban J connectivity index is 3.38. The number of aryl methyl sites for hydroxylation is 2. The van der Waals surface area contributed by atoms with Crippen LogP contribution in [0.1, 0.15) is 95.9 Å². The highest BCUT2D eigenvalue weighted by Gasteiger charge is 2.35. The summed E-state index contributed by atoms with van der Waals surface area (Å²) in [6.45, 7) is 14.4. The second-order valence-corrected chi connectivity index (χ2v) is 10.8. The van der Waals surface area contributed by atoms with E-state index in [4.69, 9.17) is 4.74 Å². The Labute approximate surface area is 223 Å². The number of carbonyl (C=O) groups excluding carboxylic acids is 3. The van der Waals surface area contributed by atoms with Crippen LogP contribution < -0.4 is 10.6 Å². The fraction of sp³-hybridized carbons (Fsp3) is 0.679. The Hall–Kier alpha value is -2.22. The van der Waals surface area contributed by atoms with E-state index >= 15 is 0 Å². The largest absolute Gasteiger partial charge is 0.444 e. The molecule has 1 rings (SSSR count). The molecule has 36 heavy (non-hydrogen) atoms. The van der Waals surface area contributed by atoms with Crippen molar-refractivity contribution in [1.29, 1.82) is 0 Å². The highest BCUT2D eigenvalue weighted by atomic mass is 32.1. The van der Waals surface area contributed by atoms with E-state index in [-0.39, 0.29) is 17.6 Å². The lowest BCUT2D eigenvalue weighted by Crippen LogP contribution is -2.54. The van der Waals surface area contributed by atoms with Crippen molar-refractivity contribution in [3.63, 3.8) is 0 Å². The van der Waals surface area contributed by atoms with Crippen LogP contribution in [0.15, 0.2) is 18.2 Å². The Kier molecular flexibility index (Phi) is 14.0. The van der Waals surface area contributed by atoms with E-state index in [0.29, 0.717) is 13.1 Å². The molecule has 2 unspecified atom stereocenters. The molecule has 7 nitrogen and oxygen atoms in total. The molecule has 0 saturated heterocycles. The van der Waals surface area contributed by atoms with E-state index in [9.17, 15) is 14.4 Å². The fourth-order valence-corrected chi connectivity index (χ4v) is 4.31. The zero-order valence-corrected chi connectivity index (χ0v) is 24.2. The van der Waals surface area contributed by atoms with Gasteiger partial charge in [-0.05, 0) is 53.0 Å². The van der Waals surface area contributed by atoms with Gasteiger partial charge in [0.15, 0.2) is 0 Å². The summed E-state index contributed by atoms with van der Waals surface area (Å²) >= 11 is 4.35. The average Bonchev–Trinajstić information content (AvgIpc) is 2.77. The van der Waals surface area contributed by atoms with E-state index in [1.807, 2.05) is 32.0 Å². The fourth-order valence-electron chi connectivity index (χ4n) is 4.06. The van der Waals surface area contributed by atoms with Crippen LogP contribution in [0.2, 0.25) is 0 Å².